The van der Waals surface area contributed by atoms with Crippen LogP contribution < -0.4 is 0 Å². The summed E-state index contributed by atoms with van der Waals surface area (Å²) in [7, 11) is 0. The second-order valence-corrected chi connectivity index (χ2v) is 7.54. The highest BCUT2D eigenvalue weighted by Crippen LogP contribution is 2.42. The zero-order valence-corrected chi connectivity index (χ0v) is 17.1. The Labute approximate surface area is 181 Å². The van der Waals surface area contributed by atoms with Crippen LogP contribution in [0.25, 0.3) is 0 Å². The second kappa shape index (κ2) is 9.62. The van der Waals surface area contributed by atoms with Gasteiger partial charge in [0.05, 0.1) is 0 Å². The second-order valence-electron chi connectivity index (χ2n) is 7.54. The van der Waals surface area contributed by atoms with Crippen molar-refractivity contribution < 1.29 is 26.0 Å². The number of ketones is 2. The van der Waals surface area contributed by atoms with E-state index < -0.39 is 0 Å². The minimum absolute atomic E-state index is 0. The van der Waals surface area contributed by atoms with Gasteiger partial charge in [-0.05, 0) is 71.3 Å². The molecule has 0 unspecified atom stereocenters. The number of hydrogen-bond acceptors (Lipinski definition) is 2. The Bertz CT molecular complexity index is 1030. The summed E-state index contributed by atoms with van der Waals surface area (Å²) in [5.74, 6) is 0.354. The number of allylic oxidation sites excluding steroid dienone is 20. The van der Waals surface area contributed by atoms with Gasteiger partial charge < -0.3 is 16.4 Å². The number of hydrogen-bond donors (Lipinski definition) is 0. The Morgan fingerprint density at radius 3 is 1.32 bits per heavy atom. The van der Waals surface area contributed by atoms with E-state index in [1.165, 1.54) is 33.4 Å². The van der Waals surface area contributed by atoms with Gasteiger partial charge in [-0.3, -0.25) is 9.59 Å². The van der Waals surface area contributed by atoms with Crippen molar-refractivity contribution in [1.82, 2.24) is 0 Å². The van der Waals surface area contributed by atoms with Crippen molar-refractivity contribution in [3.8, 4) is 0 Å². The highest BCUT2D eigenvalue weighted by atomic mass is 16.1. The van der Waals surface area contributed by atoms with E-state index in [-0.39, 0.29) is 28.0 Å². The largest absolute Gasteiger partial charge is 0.412 e. The molecular weight excluding hydrogens is 392 g/mol. The number of carbonyl (C=O) groups is 2. The molecule has 6 aliphatic carbocycles. The SMILES string of the molecule is O.O.O.O=C1C=CC=C2CC3=CC=CCC3=C12.O=C1C=CC=C2CC3=CC=CCC3=C12. The molecule has 0 saturated carbocycles. The third kappa shape index (κ3) is 4.11. The van der Waals surface area contributed by atoms with E-state index in [1.54, 1.807) is 12.2 Å². The van der Waals surface area contributed by atoms with Crippen molar-refractivity contribution >= 4 is 11.6 Å². The third-order valence-corrected chi connectivity index (χ3v) is 5.88. The molecule has 0 aromatic heterocycles. The van der Waals surface area contributed by atoms with E-state index in [2.05, 4.69) is 48.6 Å². The van der Waals surface area contributed by atoms with Crippen LogP contribution in [0.1, 0.15) is 25.7 Å². The topological polar surface area (TPSA) is 129 Å². The summed E-state index contributed by atoms with van der Waals surface area (Å²) in [6.45, 7) is 0. The van der Waals surface area contributed by atoms with Crippen molar-refractivity contribution in [2.45, 2.75) is 25.7 Å². The molecule has 6 rings (SSSR count). The molecule has 0 amide bonds. The molecule has 0 aliphatic heterocycles. The highest BCUT2D eigenvalue weighted by Gasteiger charge is 2.29. The first-order valence-electron chi connectivity index (χ1n) is 9.74. The van der Waals surface area contributed by atoms with Crippen LogP contribution >= 0.6 is 0 Å². The lowest BCUT2D eigenvalue weighted by molar-refractivity contribution is -0.112. The lowest BCUT2D eigenvalue weighted by atomic mass is 9.95. The summed E-state index contributed by atoms with van der Waals surface area (Å²) in [5.41, 5.74) is 9.45. The third-order valence-electron chi connectivity index (χ3n) is 5.88. The molecular formula is C26H26O5. The van der Waals surface area contributed by atoms with Gasteiger partial charge in [0.2, 0.25) is 0 Å². The van der Waals surface area contributed by atoms with E-state index in [4.69, 9.17) is 0 Å². The maximum absolute atomic E-state index is 11.7. The average Bonchev–Trinajstić information content (AvgIpc) is 3.28. The van der Waals surface area contributed by atoms with Crippen molar-refractivity contribution in [3.05, 3.63) is 117 Å². The molecule has 0 spiro atoms. The summed E-state index contributed by atoms with van der Waals surface area (Å²) < 4.78 is 0. The Morgan fingerprint density at radius 1 is 0.516 bits per heavy atom. The first-order valence-corrected chi connectivity index (χ1v) is 9.74. The summed E-state index contributed by atoms with van der Waals surface area (Å²) in [6.07, 6.45) is 27.5. The quantitative estimate of drug-likeness (QED) is 0.599. The molecule has 0 radical (unpaired) electrons. The van der Waals surface area contributed by atoms with Gasteiger partial charge in [0.25, 0.3) is 0 Å². The minimum Gasteiger partial charge on any atom is -0.412 e. The molecule has 0 fully saturated rings. The Kier molecular flexibility index (Phi) is 7.41. The first-order chi connectivity index (χ1) is 13.7. The number of carbonyl (C=O) groups excluding carboxylic acids is 2. The summed E-state index contributed by atoms with van der Waals surface area (Å²) in [6, 6.07) is 0. The van der Waals surface area contributed by atoms with Crippen LogP contribution in [-0.2, 0) is 9.59 Å². The number of fused-ring (bicyclic) bond motifs is 4. The molecule has 0 saturated heterocycles. The van der Waals surface area contributed by atoms with Gasteiger partial charge >= 0.3 is 0 Å². The van der Waals surface area contributed by atoms with Gasteiger partial charge in [-0.1, -0.05) is 60.8 Å². The van der Waals surface area contributed by atoms with E-state index in [0.29, 0.717) is 0 Å². The van der Waals surface area contributed by atoms with Gasteiger partial charge in [-0.25, -0.2) is 0 Å². The van der Waals surface area contributed by atoms with Crippen LogP contribution in [0.4, 0.5) is 0 Å². The van der Waals surface area contributed by atoms with Crippen LogP contribution in [-0.4, -0.2) is 28.0 Å². The molecule has 6 N–H and O–H groups in total. The normalized spacial score (nSPS) is 21.0. The molecule has 0 aromatic carbocycles. The van der Waals surface area contributed by atoms with Gasteiger partial charge in [0.1, 0.15) is 0 Å². The highest BCUT2D eigenvalue weighted by molar-refractivity contribution is 6.11. The molecule has 0 atom stereocenters. The van der Waals surface area contributed by atoms with Gasteiger partial charge in [-0.2, -0.15) is 0 Å². The minimum atomic E-state index is 0. The lowest BCUT2D eigenvalue weighted by Gasteiger charge is -2.08. The maximum Gasteiger partial charge on any atom is 0.186 e. The average molecular weight is 418 g/mol. The molecule has 31 heavy (non-hydrogen) atoms. The molecule has 160 valence electrons. The van der Waals surface area contributed by atoms with Gasteiger partial charge in [-0.15, -0.1) is 0 Å². The van der Waals surface area contributed by atoms with E-state index >= 15 is 0 Å². The molecule has 5 nitrogen and oxygen atoms in total. The Morgan fingerprint density at radius 2 is 0.903 bits per heavy atom. The fourth-order valence-corrected chi connectivity index (χ4v) is 4.60. The van der Waals surface area contributed by atoms with Crippen LogP contribution in [0.15, 0.2) is 117 Å². The van der Waals surface area contributed by atoms with Crippen molar-refractivity contribution in [3.63, 3.8) is 0 Å². The van der Waals surface area contributed by atoms with Crippen LogP contribution in [0.3, 0.4) is 0 Å². The summed E-state index contributed by atoms with van der Waals surface area (Å²) >= 11 is 0. The maximum atomic E-state index is 11.7. The fourth-order valence-electron chi connectivity index (χ4n) is 4.60. The van der Waals surface area contributed by atoms with Crippen molar-refractivity contribution in [2.75, 3.05) is 0 Å². The Balaban J connectivity index is 0.000000201. The molecule has 0 aromatic rings. The lowest BCUT2D eigenvalue weighted by Crippen LogP contribution is -2.03. The molecule has 5 heteroatoms. The van der Waals surface area contributed by atoms with Crippen molar-refractivity contribution in [2.24, 2.45) is 0 Å². The molecule has 0 bridgehead atoms. The summed E-state index contributed by atoms with van der Waals surface area (Å²) in [5, 5.41) is 0. The van der Waals surface area contributed by atoms with E-state index in [9.17, 15) is 9.59 Å². The van der Waals surface area contributed by atoms with Crippen LogP contribution in [0.2, 0.25) is 0 Å². The van der Waals surface area contributed by atoms with Gasteiger partial charge in [0, 0.05) is 11.1 Å². The summed E-state index contributed by atoms with van der Waals surface area (Å²) in [4.78, 5) is 23.4. The zero-order valence-electron chi connectivity index (χ0n) is 17.1. The first kappa shape index (κ1) is 23.9. The molecule has 0 heterocycles. The predicted octanol–water partition coefficient (Wildman–Crippen LogP) is 2.80. The fraction of sp³-hybridized carbons (Fsp3) is 0.154. The van der Waals surface area contributed by atoms with Gasteiger partial charge in [0.15, 0.2) is 11.6 Å². The van der Waals surface area contributed by atoms with Crippen LogP contribution in [0.5, 0.6) is 0 Å². The predicted molar refractivity (Wildman–Crippen MR) is 122 cm³/mol. The number of rotatable bonds is 0. The van der Waals surface area contributed by atoms with E-state index in [1.807, 2.05) is 12.2 Å². The van der Waals surface area contributed by atoms with Crippen molar-refractivity contribution in [1.29, 1.82) is 0 Å². The zero-order chi connectivity index (χ0) is 19.1. The monoisotopic (exact) mass is 418 g/mol. The standard InChI is InChI=1S/2C13H10O.3H2O/c2*14-12-7-3-5-10-8-9-4-1-2-6-11(9)13(10)12;;;/h2*1-5,7H,6,8H2;3*1H2. The van der Waals surface area contributed by atoms with E-state index in [0.717, 1.165) is 36.8 Å². The van der Waals surface area contributed by atoms with Crippen LogP contribution in [0, 0.1) is 0 Å². The molecule has 6 aliphatic rings. The smallest absolute Gasteiger partial charge is 0.186 e. The Hall–Kier alpha value is -3.38.